The van der Waals surface area contributed by atoms with Crippen molar-refractivity contribution in [1.29, 1.82) is 0 Å². The maximum Gasteiger partial charge on any atom is 0.233 e. The Kier molecular flexibility index (Phi) is 6.33. The highest BCUT2D eigenvalue weighted by molar-refractivity contribution is 7.88. The minimum Gasteiger partial charge on any atom is -0.354 e. The molecule has 0 aliphatic heterocycles. The first-order valence-corrected chi connectivity index (χ1v) is 8.23. The van der Waals surface area contributed by atoms with Crippen LogP contribution >= 0.6 is 12.6 Å². The molecule has 2 N–H and O–H groups in total. The van der Waals surface area contributed by atoms with Crippen LogP contribution in [0.5, 0.6) is 0 Å². The summed E-state index contributed by atoms with van der Waals surface area (Å²) in [6.45, 7) is 0.425. The largest absolute Gasteiger partial charge is 0.354 e. The van der Waals surface area contributed by atoms with Gasteiger partial charge in [0.15, 0.2) is 0 Å². The molecular weight excluding hydrogens is 284 g/mol. The first-order valence-electron chi connectivity index (χ1n) is 5.83. The van der Waals surface area contributed by atoms with Gasteiger partial charge in [0, 0.05) is 13.1 Å². The van der Waals surface area contributed by atoms with Crippen LogP contribution < -0.4 is 10.0 Å². The van der Waals surface area contributed by atoms with Crippen molar-refractivity contribution in [2.75, 3.05) is 19.3 Å². The summed E-state index contributed by atoms with van der Waals surface area (Å²) in [6.07, 6.45) is 1.61. The van der Waals surface area contributed by atoms with Crippen LogP contribution in [0.2, 0.25) is 0 Å². The Morgan fingerprint density at radius 2 is 1.89 bits per heavy atom. The molecule has 0 saturated heterocycles. The number of rotatable bonds is 7. The minimum absolute atomic E-state index is 0.177. The van der Waals surface area contributed by atoms with Crippen LogP contribution in [0.3, 0.4) is 0 Å². The number of nitrogens with one attached hydrogen (secondary N) is 2. The topological polar surface area (TPSA) is 75.3 Å². The fourth-order valence-electron chi connectivity index (χ4n) is 1.47. The average Bonchev–Trinajstić information content (AvgIpc) is 2.34. The summed E-state index contributed by atoms with van der Waals surface area (Å²) in [5, 5.41) is 2.19. The molecule has 0 radical (unpaired) electrons. The van der Waals surface area contributed by atoms with E-state index in [0.717, 1.165) is 11.8 Å². The average molecular weight is 302 g/mol. The third kappa shape index (κ3) is 7.19. The second-order valence-corrected chi connectivity index (χ2v) is 6.62. The number of carbonyl (C=O) groups excluding carboxylic acids is 1. The smallest absolute Gasteiger partial charge is 0.233 e. The van der Waals surface area contributed by atoms with Gasteiger partial charge in [-0.25, -0.2) is 13.1 Å². The Morgan fingerprint density at radius 1 is 1.26 bits per heavy atom. The predicted octanol–water partition coefficient (Wildman–Crippen LogP) is 0.193. The Labute approximate surface area is 119 Å². The van der Waals surface area contributed by atoms with Crippen molar-refractivity contribution in [2.24, 2.45) is 0 Å². The first-order chi connectivity index (χ1) is 8.88. The van der Waals surface area contributed by atoms with E-state index in [9.17, 15) is 13.2 Å². The van der Waals surface area contributed by atoms with Gasteiger partial charge in [-0.2, -0.15) is 12.6 Å². The lowest BCUT2D eigenvalue weighted by Gasteiger charge is -2.11. The van der Waals surface area contributed by atoms with Crippen molar-refractivity contribution in [3.05, 3.63) is 35.9 Å². The van der Waals surface area contributed by atoms with Crippen molar-refractivity contribution in [3.63, 3.8) is 0 Å². The van der Waals surface area contributed by atoms with Crippen LogP contribution in [0.15, 0.2) is 30.3 Å². The summed E-state index contributed by atoms with van der Waals surface area (Å²) < 4.78 is 23.9. The highest BCUT2D eigenvalue weighted by Crippen LogP contribution is 2.07. The molecule has 0 aliphatic carbocycles. The van der Waals surface area contributed by atoms with E-state index in [2.05, 4.69) is 22.7 Å². The van der Waals surface area contributed by atoms with E-state index in [1.807, 2.05) is 30.3 Å². The third-order valence-corrected chi connectivity index (χ3v) is 3.51. The number of benzene rings is 1. The molecule has 0 bridgehead atoms. The Bertz CT molecular complexity index is 503. The molecule has 0 aliphatic rings. The maximum atomic E-state index is 11.7. The molecule has 7 heteroatoms. The summed E-state index contributed by atoms with van der Waals surface area (Å²) in [4.78, 5) is 11.7. The van der Waals surface area contributed by atoms with Gasteiger partial charge in [0.1, 0.15) is 0 Å². The first kappa shape index (κ1) is 16.0. The molecule has 1 unspecified atom stereocenters. The Morgan fingerprint density at radius 3 is 2.47 bits per heavy atom. The Hall–Kier alpha value is -1.05. The van der Waals surface area contributed by atoms with Gasteiger partial charge in [-0.3, -0.25) is 4.79 Å². The SMILES string of the molecule is CS(=O)(=O)NCCNC(=O)C(S)Cc1ccccc1. The molecule has 1 aromatic carbocycles. The van der Waals surface area contributed by atoms with Crippen LogP contribution in [0.25, 0.3) is 0 Å². The molecule has 1 rings (SSSR count). The molecule has 0 spiro atoms. The van der Waals surface area contributed by atoms with E-state index in [4.69, 9.17) is 0 Å². The summed E-state index contributed by atoms with van der Waals surface area (Å²) in [6, 6.07) is 9.59. The number of amides is 1. The van der Waals surface area contributed by atoms with E-state index >= 15 is 0 Å². The van der Waals surface area contributed by atoms with Gasteiger partial charge in [0.2, 0.25) is 15.9 Å². The molecule has 1 amide bonds. The number of hydrogen-bond donors (Lipinski definition) is 3. The minimum atomic E-state index is -3.21. The van der Waals surface area contributed by atoms with Gasteiger partial charge in [-0.1, -0.05) is 30.3 Å². The monoisotopic (exact) mass is 302 g/mol. The zero-order valence-electron chi connectivity index (χ0n) is 10.7. The zero-order valence-corrected chi connectivity index (χ0v) is 12.4. The van der Waals surface area contributed by atoms with Crippen molar-refractivity contribution in [2.45, 2.75) is 11.7 Å². The van der Waals surface area contributed by atoms with Crippen molar-refractivity contribution < 1.29 is 13.2 Å². The number of carbonyl (C=O) groups is 1. The normalized spacial score (nSPS) is 12.9. The summed E-state index contributed by atoms with van der Waals surface area (Å²) in [5.41, 5.74) is 1.03. The fraction of sp³-hybridized carbons (Fsp3) is 0.417. The van der Waals surface area contributed by atoms with E-state index in [0.29, 0.717) is 6.42 Å². The van der Waals surface area contributed by atoms with Gasteiger partial charge in [0.25, 0.3) is 0 Å². The summed E-state index contributed by atoms with van der Waals surface area (Å²) in [5.74, 6) is -0.206. The number of hydrogen-bond acceptors (Lipinski definition) is 4. The van der Waals surface area contributed by atoms with Gasteiger partial charge < -0.3 is 5.32 Å². The highest BCUT2D eigenvalue weighted by Gasteiger charge is 2.13. The standard InChI is InChI=1S/C12H18N2O3S2/c1-19(16,17)14-8-7-13-12(15)11(18)9-10-5-3-2-4-6-10/h2-6,11,14,18H,7-9H2,1H3,(H,13,15). The predicted molar refractivity (Wildman–Crippen MR) is 78.8 cm³/mol. The van der Waals surface area contributed by atoms with Crippen LogP contribution in [0.1, 0.15) is 5.56 Å². The lowest BCUT2D eigenvalue weighted by molar-refractivity contribution is -0.120. The molecule has 0 heterocycles. The molecule has 0 fully saturated rings. The van der Waals surface area contributed by atoms with Crippen LogP contribution in [0, 0.1) is 0 Å². The molecule has 5 nitrogen and oxygen atoms in total. The summed E-state index contributed by atoms with van der Waals surface area (Å²) >= 11 is 4.24. The molecule has 0 saturated carbocycles. The second kappa shape index (κ2) is 7.52. The van der Waals surface area contributed by atoms with Gasteiger partial charge in [-0.15, -0.1) is 0 Å². The van der Waals surface area contributed by atoms with E-state index < -0.39 is 15.3 Å². The molecule has 19 heavy (non-hydrogen) atoms. The Balaban J connectivity index is 2.29. The van der Waals surface area contributed by atoms with Crippen LogP contribution in [0.4, 0.5) is 0 Å². The van der Waals surface area contributed by atoms with Crippen LogP contribution in [-0.2, 0) is 21.2 Å². The molecule has 0 aromatic heterocycles. The molecular formula is C12H18N2O3S2. The van der Waals surface area contributed by atoms with E-state index in [1.165, 1.54) is 0 Å². The number of thiol groups is 1. The second-order valence-electron chi connectivity index (χ2n) is 4.16. The quantitative estimate of drug-likeness (QED) is 0.497. The van der Waals surface area contributed by atoms with Crippen molar-refractivity contribution in [3.8, 4) is 0 Å². The fourth-order valence-corrected chi connectivity index (χ4v) is 2.24. The number of sulfonamides is 1. The van der Waals surface area contributed by atoms with Crippen molar-refractivity contribution in [1.82, 2.24) is 10.0 Å². The van der Waals surface area contributed by atoms with Crippen molar-refractivity contribution >= 4 is 28.6 Å². The van der Waals surface area contributed by atoms with E-state index in [1.54, 1.807) is 0 Å². The van der Waals surface area contributed by atoms with Gasteiger partial charge in [0.05, 0.1) is 11.5 Å². The highest BCUT2D eigenvalue weighted by atomic mass is 32.2. The molecule has 106 valence electrons. The maximum absolute atomic E-state index is 11.7. The van der Waals surface area contributed by atoms with Gasteiger partial charge >= 0.3 is 0 Å². The summed E-state index contributed by atoms with van der Waals surface area (Å²) in [7, 11) is -3.21. The zero-order chi connectivity index (χ0) is 14.3. The van der Waals surface area contributed by atoms with E-state index in [-0.39, 0.29) is 19.0 Å². The van der Waals surface area contributed by atoms with Gasteiger partial charge in [-0.05, 0) is 12.0 Å². The lowest BCUT2D eigenvalue weighted by Crippen LogP contribution is -2.38. The van der Waals surface area contributed by atoms with Crippen LogP contribution in [-0.4, -0.2) is 38.9 Å². The lowest BCUT2D eigenvalue weighted by atomic mass is 10.1. The molecule has 1 atom stereocenters. The third-order valence-electron chi connectivity index (χ3n) is 2.36. The molecule has 1 aromatic rings.